The molecular formula is C16H19NO3. The molecule has 2 atom stereocenters. The summed E-state index contributed by atoms with van der Waals surface area (Å²) < 4.78 is 0. The average Bonchev–Trinajstić information content (AvgIpc) is 2.45. The second-order valence-corrected chi connectivity index (χ2v) is 5.24. The summed E-state index contributed by atoms with van der Waals surface area (Å²) >= 11 is 0. The van der Waals surface area contributed by atoms with Crippen molar-refractivity contribution in [2.45, 2.75) is 32.7 Å². The number of benzene rings is 1. The summed E-state index contributed by atoms with van der Waals surface area (Å²) in [5, 5.41) is 11.7. The number of aryl methyl sites for hydroxylation is 1. The van der Waals surface area contributed by atoms with Crippen LogP contribution in [0.25, 0.3) is 6.08 Å². The van der Waals surface area contributed by atoms with E-state index in [-0.39, 0.29) is 5.91 Å². The van der Waals surface area contributed by atoms with Crippen LogP contribution in [0.3, 0.4) is 0 Å². The molecule has 0 saturated carbocycles. The highest BCUT2D eigenvalue weighted by Gasteiger charge is 2.21. The molecule has 1 aliphatic rings. The van der Waals surface area contributed by atoms with Crippen molar-refractivity contribution in [1.29, 1.82) is 0 Å². The summed E-state index contributed by atoms with van der Waals surface area (Å²) in [5.41, 5.74) is 2.90. The SMILES string of the molecule is CC(NC(=O)c1ccc2c(c1)CCC=C2)C(C)C(=O)O. The first-order valence-electron chi connectivity index (χ1n) is 6.82. The molecule has 0 heterocycles. The van der Waals surface area contributed by atoms with Crippen molar-refractivity contribution in [1.82, 2.24) is 5.32 Å². The Morgan fingerprint density at radius 3 is 2.75 bits per heavy atom. The molecule has 0 spiro atoms. The van der Waals surface area contributed by atoms with Crippen LogP contribution >= 0.6 is 0 Å². The monoisotopic (exact) mass is 273 g/mol. The minimum Gasteiger partial charge on any atom is -0.481 e. The van der Waals surface area contributed by atoms with Gasteiger partial charge in [-0.3, -0.25) is 9.59 Å². The minimum atomic E-state index is -0.909. The summed E-state index contributed by atoms with van der Waals surface area (Å²) in [6.45, 7) is 3.29. The maximum Gasteiger partial charge on any atom is 0.308 e. The zero-order valence-electron chi connectivity index (χ0n) is 11.7. The van der Waals surface area contributed by atoms with Crippen LogP contribution in [0.1, 0.15) is 41.8 Å². The van der Waals surface area contributed by atoms with Crippen LogP contribution in [0.15, 0.2) is 24.3 Å². The van der Waals surface area contributed by atoms with Gasteiger partial charge in [-0.1, -0.05) is 18.2 Å². The largest absolute Gasteiger partial charge is 0.481 e. The molecule has 0 saturated heterocycles. The van der Waals surface area contributed by atoms with Gasteiger partial charge < -0.3 is 10.4 Å². The van der Waals surface area contributed by atoms with E-state index in [2.05, 4.69) is 17.5 Å². The zero-order chi connectivity index (χ0) is 14.7. The maximum atomic E-state index is 12.1. The summed E-state index contributed by atoms with van der Waals surface area (Å²) in [6, 6.07) is 5.20. The van der Waals surface area contributed by atoms with Gasteiger partial charge in [-0.2, -0.15) is 0 Å². The van der Waals surface area contributed by atoms with Gasteiger partial charge in [-0.05, 0) is 49.9 Å². The van der Waals surface area contributed by atoms with Crippen LogP contribution in [0, 0.1) is 5.92 Å². The second kappa shape index (κ2) is 5.90. The summed E-state index contributed by atoms with van der Waals surface area (Å²) in [6.07, 6.45) is 6.12. The minimum absolute atomic E-state index is 0.219. The first-order valence-corrected chi connectivity index (χ1v) is 6.82. The number of carboxylic acids is 1. The van der Waals surface area contributed by atoms with E-state index in [1.54, 1.807) is 19.9 Å². The number of carboxylic acid groups (broad SMARTS) is 1. The van der Waals surface area contributed by atoms with Gasteiger partial charge >= 0.3 is 5.97 Å². The lowest BCUT2D eigenvalue weighted by Crippen LogP contribution is -2.40. The number of fused-ring (bicyclic) bond motifs is 1. The first kappa shape index (κ1) is 14.3. The normalized spacial score (nSPS) is 16.1. The summed E-state index contributed by atoms with van der Waals surface area (Å²) in [5.74, 6) is -1.74. The van der Waals surface area contributed by atoms with Crippen molar-refractivity contribution in [3.8, 4) is 0 Å². The average molecular weight is 273 g/mol. The second-order valence-electron chi connectivity index (χ2n) is 5.24. The lowest BCUT2D eigenvalue weighted by molar-refractivity contribution is -0.141. The fourth-order valence-electron chi connectivity index (χ4n) is 2.20. The Balaban J connectivity index is 2.10. The van der Waals surface area contributed by atoms with E-state index in [0.29, 0.717) is 5.56 Å². The Bertz CT molecular complexity index is 563. The lowest BCUT2D eigenvalue weighted by Gasteiger charge is -2.18. The number of hydrogen-bond acceptors (Lipinski definition) is 2. The van der Waals surface area contributed by atoms with E-state index in [0.717, 1.165) is 18.4 Å². The highest BCUT2D eigenvalue weighted by molar-refractivity contribution is 5.95. The third-order valence-corrected chi connectivity index (χ3v) is 3.78. The van der Waals surface area contributed by atoms with E-state index in [1.165, 1.54) is 5.56 Å². The topological polar surface area (TPSA) is 66.4 Å². The van der Waals surface area contributed by atoms with Crippen molar-refractivity contribution in [3.05, 3.63) is 41.0 Å². The number of carbonyl (C=O) groups excluding carboxylic acids is 1. The van der Waals surface area contributed by atoms with Gasteiger partial charge in [0.25, 0.3) is 5.91 Å². The first-order chi connectivity index (χ1) is 9.49. The molecule has 0 fully saturated rings. The molecule has 1 aromatic rings. The summed E-state index contributed by atoms with van der Waals surface area (Å²) in [4.78, 5) is 23.0. The van der Waals surface area contributed by atoms with Crippen molar-refractivity contribution in [3.63, 3.8) is 0 Å². The molecule has 2 N–H and O–H groups in total. The Morgan fingerprint density at radius 2 is 2.05 bits per heavy atom. The fraction of sp³-hybridized carbons (Fsp3) is 0.375. The molecule has 0 aromatic heterocycles. The van der Waals surface area contributed by atoms with Crippen LogP contribution in [0.4, 0.5) is 0 Å². The number of hydrogen-bond donors (Lipinski definition) is 2. The van der Waals surface area contributed by atoms with Crippen LogP contribution < -0.4 is 5.32 Å². The Kier molecular flexibility index (Phi) is 4.23. The number of amides is 1. The predicted octanol–water partition coefficient (Wildman–Crippen LogP) is 2.49. The van der Waals surface area contributed by atoms with E-state index in [4.69, 9.17) is 5.11 Å². The van der Waals surface area contributed by atoms with Gasteiger partial charge in [0.15, 0.2) is 0 Å². The molecule has 1 amide bonds. The molecule has 0 radical (unpaired) electrons. The van der Waals surface area contributed by atoms with Gasteiger partial charge in [0.05, 0.1) is 5.92 Å². The molecule has 1 aliphatic carbocycles. The number of nitrogens with one attached hydrogen (secondary N) is 1. The standard InChI is InChI=1S/C16H19NO3/c1-10(16(19)20)11(2)17-15(18)14-8-7-12-5-3-4-6-13(12)9-14/h3,5,7-11H,4,6H2,1-2H3,(H,17,18)(H,19,20). The quantitative estimate of drug-likeness (QED) is 0.885. The van der Waals surface area contributed by atoms with E-state index in [1.807, 2.05) is 12.1 Å². The molecule has 106 valence electrons. The van der Waals surface area contributed by atoms with E-state index < -0.39 is 17.9 Å². The van der Waals surface area contributed by atoms with Crippen LogP contribution in [-0.4, -0.2) is 23.0 Å². The van der Waals surface area contributed by atoms with E-state index in [9.17, 15) is 9.59 Å². The maximum absolute atomic E-state index is 12.1. The van der Waals surface area contributed by atoms with Gasteiger partial charge in [-0.25, -0.2) is 0 Å². The summed E-state index contributed by atoms with van der Waals surface area (Å²) in [7, 11) is 0. The van der Waals surface area contributed by atoms with Gasteiger partial charge in [0.2, 0.25) is 0 Å². The molecule has 20 heavy (non-hydrogen) atoms. The van der Waals surface area contributed by atoms with Crippen molar-refractivity contribution in [2.24, 2.45) is 5.92 Å². The zero-order valence-corrected chi connectivity index (χ0v) is 11.7. The van der Waals surface area contributed by atoms with Crippen LogP contribution in [0.2, 0.25) is 0 Å². The van der Waals surface area contributed by atoms with Crippen LogP contribution in [0.5, 0.6) is 0 Å². The van der Waals surface area contributed by atoms with Crippen molar-refractivity contribution < 1.29 is 14.7 Å². The molecule has 4 nitrogen and oxygen atoms in total. The number of rotatable bonds is 4. The van der Waals surface area contributed by atoms with Crippen molar-refractivity contribution >= 4 is 18.0 Å². The Labute approximate surface area is 118 Å². The number of aliphatic carboxylic acids is 1. The molecule has 0 aliphatic heterocycles. The Morgan fingerprint density at radius 1 is 1.30 bits per heavy atom. The molecule has 1 aromatic carbocycles. The molecule has 2 rings (SSSR count). The van der Waals surface area contributed by atoms with Crippen molar-refractivity contribution in [2.75, 3.05) is 0 Å². The third kappa shape index (κ3) is 3.07. The Hall–Kier alpha value is -2.10. The number of carbonyl (C=O) groups is 2. The highest BCUT2D eigenvalue weighted by atomic mass is 16.4. The lowest BCUT2D eigenvalue weighted by atomic mass is 9.95. The van der Waals surface area contributed by atoms with Gasteiger partial charge in [0, 0.05) is 11.6 Å². The number of allylic oxidation sites excluding steroid dienone is 1. The third-order valence-electron chi connectivity index (χ3n) is 3.78. The van der Waals surface area contributed by atoms with Crippen LogP contribution in [-0.2, 0) is 11.2 Å². The van der Waals surface area contributed by atoms with Gasteiger partial charge in [-0.15, -0.1) is 0 Å². The molecular weight excluding hydrogens is 254 g/mol. The molecule has 0 bridgehead atoms. The predicted molar refractivity (Wildman–Crippen MR) is 77.5 cm³/mol. The highest BCUT2D eigenvalue weighted by Crippen LogP contribution is 2.20. The fourth-order valence-corrected chi connectivity index (χ4v) is 2.20. The van der Waals surface area contributed by atoms with Gasteiger partial charge in [0.1, 0.15) is 0 Å². The molecule has 4 heteroatoms. The molecule has 2 unspecified atom stereocenters. The smallest absolute Gasteiger partial charge is 0.308 e. The van der Waals surface area contributed by atoms with E-state index >= 15 is 0 Å².